The van der Waals surface area contributed by atoms with Crippen LogP contribution in [0.5, 0.6) is 5.75 Å². The van der Waals surface area contributed by atoms with E-state index in [4.69, 9.17) is 31.5 Å². The average Bonchev–Trinajstić information content (AvgIpc) is 3.36. The molecule has 0 aromatic heterocycles. The van der Waals surface area contributed by atoms with Gasteiger partial charge in [-0.05, 0) is 38.2 Å². The van der Waals surface area contributed by atoms with Crippen molar-refractivity contribution in [3.05, 3.63) is 22.2 Å². The Morgan fingerprint density at radius 2 is 2.11 bits per heavy atom. The summed E-state index contributed by atoms with van der Waals surface area (Å²) in [5.74, 6) is 0.170. The topological polar surface area (TPSA) is 74.0 Å². The van der Waals surface area contributed by atoms with Crippen molar-refractivity contribution in [2.75, 3.05) is 38.6 Å². The molecule has 2 N–H and O–H groups in total. The number of nitrogens with two attached hydrogens (primary N) is 1. The number of carbonyl (C=O) groups excluding carboxylic acids is 1. The predicted octanol–water partition coefficient (Wildman–Crippen LogP) is 3.05. The van der Waals surface area contributed by atoms with E-state index in [9.17, 15) is 4.79 Å². The molecule has 7 heteroatoms. The lowest BCUT2D eigenvalue weighted by Crippen LogP contribution is -2.39. The molecule has 27 heavy (non-hydrogen) atoms. The van der Waals surface area contributed by atoms with E-state index >= 15 is 0 Å². The first-order chi connectivity index (χ1) is 13.1. The predicted molar refractivity (Wildman–Crippen MR) is 104 cm³/mol. The SMILES string of the molecule is Nc1c(Cl)cc(C(=O)OC2CCN(CCC3CCCO3)CC2)c2c1CCO2. The van der Waals surface area contributed by atoms with Crippen molar-refractivity contribution < 1.29 is 19.0 Å². The number of hydrogen-bond donors (Lipinski definition) is 1. The zero-order valence-electron chi connectivity index (χ0n) is 15.5. The average molecular weight is 395 g/mol. The van der Waals surface area contributed by atoms with E-state index in [0.717, 1.165) is 51.1 Å². The number of anilines is 1. The summed E-state index contributed by atoms with van der Waals surface area (Å²) in [6, 6.07) is 1.57. The Hall–Kier alpha value is -1.50. The molecule has 0 radical (unpaired) electrons. The van der Waals surface area contributed by atoms with Crippen LogP contribution in [0.1, 0.15) is 48.0 Å². The van der Waals surface area contributed by atoms with Crippen LogP contribution < -0.4 is 10.5 Å². The number of nitrogens with zero attached hydrogens (tertiary/aromatic N) is 1. The van der Waals surface area contributed by atoms with Crippen LogP contribution in [0.3, 0.4) is 0 Å². The van der Waals surface area contributed by atoms with Crippen LogP contribution in [0.25, 0.3) is 0 Å². The number of rotatable bonds is 5. The molecule has 148 valence electrons. The van der Waals surface area contributed by atoms with Gasteiger partial charge < -0.3 is 24.8 Å². The zero-order chi connectivity index (χ0) is 18.8. The van der Waals surface area contributed by atoms with Gasteiger partial charge in [-0.1, -0.05) is 11.6 Å². The Morgan fingerprint density at radius 1 is 1.30 bits per heavy atom. The molecule has 3 heterocycles. The summed E-state index contributed by atoms with van der Waals surface area (Å²) in [4.78, 5) is 15.1. The zero-order valence-corrected chi connectivity index (χ0v) is 16.3. The summed E-state index contributed by atoms with van der Waals surface area (Å²) in [7, 11) is 0. The molecule has 3 aliphatic rings. The Balaban J connectivity index is 1.30. The van der Waals surface area contributed by atoms with Gasteiger partial charge in [-0.2, -0.15) is 0 Å². The van der Waals surface area contributed by atoms with Crippen molar-refractivity contribution in [3.63, 3.8) is 0 Å². The van der Waals surface area contributed by atoms with Crippen LogP contribution in [-0.2, 0) is 15.9 Å². The van der Waals surface area contributed by atoms with Crippen molar-refractivity contribution in [3.8, 4) is 5.75 Å². The molecule has 0 aliphatic carbocycles. The Bertz CT molecular complexity index is 698. The van der Waals surface area contributed by atoms with Gasteiger partial charge in [0, 0.05) is 38.2 Å². The van der Waals surface area contributed by atoms with E-state index in [1.54, 1.807) is 6.07 Å². The van der Waals surface area contributed by atoms with Gasteiger partial charge in [0.05, 0.1) is 23.4 Å². The largest absolute Gasteiger partial charge is 0.492 e. The molecule has 1 aromatic rings. The van der Waals surface area contributed by atoms with Gasteiger partial charge in [0.15, 0.2) is 0 Å². The van der Waals surface area contributed by atoms with Crippen molar-refractivity contribution in [2.45, 2.75) is 50.7 Å². The quantitative estimate of drug-likeness (QED) is 0.611. The normalized spacial score (nSPS) is 23.2. The second-order valence-corrected chi connectivity index (χ2v) is 8.00. The molecular formula is C20H27ClN2O4. The summed E-state index contributed by atoms with van der Waals surface area (Å²) in [5, 5.41) is 0.384. The van der Waals surface area contributed by atoms with Gasteiger partial charge in [-0.25, -0.2) is 4.79 Å². The van der Waals surface area contributed by atoms with Crippen LogP contribution >= 0.6 is 11.6 Å². The maximum absolute atomic E-state index is 12.7. The van der Waals surface area contributed by atoms with E-state index in [0.29, 0.717) is 41.2 Å². The van der Waals surface area contributed by atoms with Crippen molar-refractivity contribution in [2.24, 2.45) is 0 Å². The highest BCUT2D eigenvalue weighted by Crippen LogP contribution is 2.39. The first-order valence-corrected chi connectivity index (χ1v) is 10.3. The number of nitrogen functional groups attached to an aromatic ring is 1. The minimum absolute atomic E-state index is 0.0649. The van der Waals surface area contributed by atoms with Crippen LogP contribution in [-0.4, -0.2) is 55.9 Å². The fraction of sp³-hybridized carbons (Fsp3) is 0.650. The van der Waals surface area contributed by atoms with Gasteiger partial charge in [0.25, 0.3) is 0 Å². The summed E-state index contributed by atoms with van der Waals surface area (Å²) in [6.07, 6.45) is 6.20. The monoisotopic (exact) mass is 394 g/mol. The summed E-state index contributed by atoms with van der Waals surface area (Å²) >= 11 is 6.19. The summed E-state index contributed by atoms with van der Waals surface area (Å²) in [5.41, 5.74) is 7.71. The molecule has 3 aliphatic heterocycles. The number of carbonyl (C=O) groups is 1. The first kappa shape index (κ1) is 18.8. The van der Waals surface area contributed by atoms with Crippen LogP contribution in [0.15, 0.2) is 6.07 Å². The molecule has 0 amide bonds. The number of hydrogen-bond acceptors (Lipinski definition) is 6. The molecule has 2 fully saturated rings. The molecule has 2 saturated heterocycles. The molecule has 1 aromatic carbocycles. The number of halogens is 1. The fourth-order valence-corrected chi connectivity index (χ4v) is 4.41. The third-order valence-corrected chi connectivity index (χ3v) is 6.10. The molecule has 6 nitrogen and oxygen atoms in total. The smallest absolute Gasteiger partial charge is 0.342 e. The third kappa shape index (κ3) is 4.18. The lowest BCUT2D eigenvalue weighted by Gasteiger charge is -2.32. The van der Waals surface area contributed by atoms with Crippen LogP contribution in [0, 0.1) is 0 Å². The number of likely N-dealkylation sites (tertiary alicyclic amines) is 1. The standard InChI is InChI=1S/C20H27ClN2O4/c21-17-12-16(19-15(18(17)22)6-11-26-19)20(24)27-14-4-8-23(9-5-14)7-3-13-2-1-10-25-13/h12-14H,1-11,22H2. The first-order valence-electron chi connectivity index (χ1n) is 9.90. The summed E-state index contributed by atoms with van der Waals surface area (Å²) < 4.78 is 17.1. The Kier molecular flexibility index (Phi) is 5.76. The molecular weight excluding hydrogens is 368 g/mol. The van der Waals surface area contributed by atoms with E-state index < -0.39 is 0 Å². The lowest BCUT2D eigenvalue weighted by molar-refractivity contribution is 0.00901. The van der Waals surface area contributed by atoms with E-state index in [1.807, 2.05) is 0 Å². The van der Waals surface area contributed by atoms with E-state index in [-0.39, 0.29) is 12.1 Å². The molecule has 0 saturated carbocycles. The number of esters is 1. The van der Waals surface area contributed by atoms with E-state index in [1.165, 1.54) is 12.8 Å². The van der Waals surface area contributed by atoms with Gasteiger partial charge >= 0.3 is 5.97 Å². The van der Waals surface area contributed by atoms with Crippen LogP contribution in [0.2, 0.25) is 5.02 Å². The van der Waals surface area contributed by atoms with E-state index in [2.05, 4.69) is 4.90 Å². The van der Waals surface area contributed by atoms with Crippen molar-refractivity contribution >= 4 is 23.3 Å². The minimum Gasteiger partial charge on any atom is -0.492 e. The molecule has 1 atom stereocenters. The highest BCUT2D eigenvalue weighted by atomic mass is 35.5. The number of benzene rings is 1. The lowest BCUT2D eigenvalue weighted by atomic mass is 10.0. The Morgan fingerprint density at radius 3 is 2.85 bits per heavy atom. The molecule has 1 unspecified atom stereocenters. The van der Waals surface area contributed by atoms with Gasteiger partial charge in [-0.15, -0.1) is 0 Å². The summed E-state index contributed by atoms with van der Waals surface area (Å²) in [6.45, 7) is 4.37. The van der Waals surface area contributed by atoms with Gasteiger partial charge in [-0.3, -0.25) is 0 Å². The fourth-order valence-electron chi connectivity index (χ4n) is 4.18. The van der Waals surface area contributed by atoms with Gasteiger partial charge in [0.2, 0.25) is 0 Å². The molecule has 0 spiro atoms. The maximum Gasteiger partial charge on any atom is 0.342 e. The number of ether oxygens (including phenoxy) is 3. The molecule has 4 rings (SSSR count). The van der Waals surface area contributed by atoms with Crippen LogP contribution in [0.4, 0.5) is 5.69 Å². The Labute approximate surface area is 164 Å². The maximum atomic E-state index is 12.7. The third-order valence-electron chi connectivity index (χ3n) is 5.79. The second kappa shape index (κ2) is 8.25. The number of piperidine rings is 1. The highest BCUT2D eigenvalue weighted by molar-refractivity contribution is 6.33. The van der Waals surface area contributed by atoms with Gasteiger partial charge in [0.1, 0.15) is 17.4 Å². The highest BCUT2D eigenvalue weighted by Gasteiger charge is 2.29. The number of fused-ring (bicyclic) bond motifs is 1. The van der Waals surface area contributed by atoms with Crippen molar-refractivity contribution in [1.29, 1.82) is 0 Å². The molecule has 0 bridgehead atoms. The minimum atomic E-state index is -0.368. The second-order valence-electron chi connectivity index (χ2n) is 7.60. The van der Waals surface area contributed by atoms with Crippen molar-refractivity contribution in [1.82, 2.24) is 4.90 Å².